The summed E-state index contributed by atoms with van der Waals surface area (Å²) in [5, 5.41) is 1.08. The van der Waals surface area contributed by atoms with Gasteiger partial charge in [0.2, 0.25) is 12.3 Å². The molecule has 0 unspecified atom stereocenters. The van der Waals surface area contributed by atoms with Crippen molar-refractivity contribution in [3.05, 3.63) is 71.4 Å². The molecule has 0 bridgehead atoms. The number of fused-ring (bicyclic) bond motifs is 2. The average Bonchev–Trinajstić information content (AvgIpc) is 3.28. The van der Waals surface area contributed by atoms with Crippen LogP contribution in [0.15, 0.2) is 54.7 Å². The Kier molecular flexibility index (Phi) is 4.73. The zero-order chi connectivity index (χ0) is 21.5. The topological polar surface area (TPSA) is 65.9 Å². The number of nitrogens with zero attached hydrogens (tertiary/aromatic N) is 4. The van der Waals surface area contributed by atoms with Gasteiger partial charge in [0.25, 0.3) is 5.91 Å². The smallest absolute Gasteiger partial charge is 0.255 e. The molecule has 1 saturated heterocycles. The molecule has 2 aromatic carbocycles. The number of carbonyl (C=O) groups excluding carboxylic acids is 3. The molecule has 0 saturated carbocycles. The molecule has 158 valence electrons. The van der Waals surface area contributed by atoms with E-state index in [2.05, 4.69) is 22.9 Å². The Morgan fingerprint density at radius 3 is 2.48 bits per heavy atom. The lowest BCUT2D eigenvalue weighted by Crippen LogP contribution is -2.51. The van der Waals surface area contributed by atoms with Gasteiger partial charge in [0.1, 0.15) is 6.54 Å². The van der Waals surface area contributed by atoms with Crippen molar-refractivity contribution in [3.63, 3.8) is 0 Å². The van der Waals surface area contributed by atoms with E-state index in [4.69, 9.17) is 0 Å². The first-order chi connectivity index (χ1) is 15.1. The van der Waals surface area contributed by atoms with Crippen LogP contribution in [0.25, 0.3) is 10.9 Å². The van der Waals surface area contributed by atoms with Crippen molar-refractivity contribution < 1.29 is 14.4 Å². The fraction of sp³-hybridized carbons (Fsp3) is 0.292. The molecule has 0 N–H and O–H groups in total. The molecule has 0 spiro atoms. The third-order valence-electron chi connectivity index (χ3n) is 6.40. The van der Waals surface area contributed by atoms with Crippen LogP contribution in [0, 0.1) is 0 Å². The minimum Gasteiger partial charge on any atom is -0.350 e. The number of hydrogen-bond donors (Lipinski definition) is 0. The van der Waals surface area contributed by atoms with Crippen LogP contribution in [0.5, 0.6) is 0 Å². The van der Waals surface area contributed by atoms with E-state index in [9.17, 15) is 14.4 Å². The van der Waals surface area contributed by atoms with E-state index in [1.807, 2.05) is 43.4 Å². The lowest BCUT2D eigenvalue weighted by molar-refractivity contribution is -0.135. The number of hydrogen-bond acceptors (Lipinski definition) is 3. The first-order valence-corrected chi connectivity index (χ1v) is 10.5. The van der Waals surface area contributed by atoms with Gasteiger partial charge in [-0.15, -0.1) is 0 Å². The molecular weight excluding hydrogens is 392 g/mol. The summed E-state index contributed by atoms with van der Waals surface area (Å²) in [6.07, 6.45) is 2.88. The molecule has 1 atom stereocenters. The predicted octanol–water partition coefficient (Wildman–Crippen LogP) is 2.02. The van der Waals surface area contributed by atoms with Crippen LogP contribution in [0.3, 0.4) is 0 Å². The van der Waals surface area contributed by atoms with Crippen molar-refractivity contribution in [3.8, 4) is 0 Å². The second kappa shape index (κ2) is 7.58. The van der Waals surface area contributed by atoms with Crippen molar-refractivity contribution in [2.75, 3.05) is 32.7 Å². The van der Waals surface area contributed by atoms with Crippen molar-refractivity contribution >= 4 is 29.1 Å². The maximum Gasteiger partial charge on any atom is 0.255 e. The van der Waals surface area contributed by atoms with Gasteiger partial charge in [0.15, 0.2) is 0 Å². The van der Waals surface area contributed by atoms with Crippen molar-refractivity contribution in [2.45, 2.75) is 6.04 Å². The van der Waals surface area contributed by atoms with Crippen LogP contribution >= 0.6 is 0 Å². The normalized spacial score (nSPS) is 18.5. The number of rotatable bonds is 4. The Morgan fingerprint density at radius 1 is 1.00 bits per heavy atom. The summed E-state index contributed by atoms with van der Waals surface area (Å²) in [5.74, 6) is -0.203. The summed E-state index contributed by atoms with van der Waals surface area (Å²) in [5.41, 5.74) is 3.70. The first kappa shape index (κ1) is 19.4. The molecule has 3 amide bonds. The molecule has 0 aliphatic carbocycles. The molecule has 7 heteroatoms. The van der Waals surface area contributed by atoms with Gasteiger partial charge in [-0.3, -0.25) is 14.4 Å². The molecule has 3 heterocycles. The number of aryl methyl sites for hydroxylation is 1. The largest absolute Gasteiger partial charge is 0.350 e. The maximum absolute atomic E-state index is 13.3. The predicted molar refractivity (Wildman–Crippen MR) is 116 cm³/mol. The highest BCUT2D eigenvalue weighted by molar-refractivity contribution is 6.02. The Morgan fingerprint density at radius 2 is 1.71 bits per heavy atom. The standard InChI is InChI=1S/C24H24N4O3/c1-25-14-20(17-6-4-5-9-21(17)25)23-18-7-2-3-8-19(18)24(31)28(23)15-22(30)27-12-10-26(16-29)11-13-27/h2-9,14,16,23H,10-13,15H2,1H3/t23-/m0/s1. The maximum atomic E-state index is 13.3. The van der Waals surface area contributed by atoms with Gasteiger partial charge in [0, 0.05) is 61.5 Å². The molecule has 2 aliphatic rings. The SMILES string of the molecule is Cn1cc([C@@H]2c3ccccc3C(=O)N2CC(=O)N2CCN(C=O)CC2)c2ccccc21. The number of para-hydroxylation sites is 1. The third-order valence-corrected chi connectivity index (χ3v) is 6.40. The van der Waals surface area contributed by atoms with E-state index in [-0.39, 0.29) is 24.4 Å². The number of amides is 3. The minimum atomic E-state index is -0.310. The van der Waals surface area contributed by atoms with Crippen LogP contribution < -0.4 is 0 Å². The molecule has 1 fully saturated rings. The number of piperazine rings is 1. The summed E-state index contributed by atoms with van der Waals surface area (Å²) >= 11 is 0. The number of carbonyl (C=O) groups is 3. The minimum absolute atomic E-state index is 0.0164. The molecule has 5 rings (SSSR count). The van der Waals surface area contributed by atoms with E-state index in [1.54, 1.807) is 14.7 Å². The Balaban J connectivity index is 1.51. The summed E-state index contributed by atoms with van der Waals surface area (Å²) < 4.78 is 2.06. The van der Waals surface area contributed by atoms with E-state index >= 15 is 0 Å². The zero-order valence-corrected chi connectivity index (χ0v) is 17.4. The van der Waals surface area contributed by atoms with Crippen molar-refractivity contribution in [2.24, 2.45) is 7.05 Å². The third kappa shape index (κ3) is 3.17. The fourth-order valence-electron chi connectivity index (χ4n) is 4.78. The second-order valence-electron chi connectivity index (χ2n) is 8.16. The van der Waals surface area contributed by atoms with E-state index in [1.165, 1.54) is 0 Å². The fourth-order valence-corrected chi connectivity index (χ4v) is 4.78. The van der Waals surface area contributed by atoms with Gasteiger partial charge in [-0.05, 0) is 17.7 Å². The first-order valence-electron chi connectivity index (χ1n) is 10.5. The summed E-state index contributed by atoms with van der Waals surface area (Å²) in [6.45, 7) is 2.05. The van der Waals surface area contributed by atoms with E-state index in [0.29, 0.717) is 31.7 Å². The van der Waals surface area contributed by atoms with Crippen LogP contribution in [0.2, 0.25) is 0 Å². The Hall–Kier alpha value is -3.61. The molecule has 3 aromatic rings. The molecule has 31 heavy (non-hydrogen) atoms. The second-order valence-corrected chi connectivity index (χ2v) is 8.16. The quantitative estimate of drug-likeness (QED) is 0.612. The summed E-state index contributed by atoms with van der Waals surface area (Å²) in [7, 11) is 2.00. The van der Waals surface area contributed by atoms with Crippen LogP contribution in [0.4, 0.5) is 0 Å². The van der Waals surface area contributed by atoms with Gasteiger partial charge in [-0.25, -0.2) is 0 Å². The molecule has 2 aliphatic heterocycles. The molecule has 1 aromatic heterocycles. The highest BCUT2D eigenvalue weighted by Crippen LogP contribution is 2.41. The monoisotopic (exact) mass is 416 g/mol. The average molecular weight is 416 g/mol. The lowest BCUT2D eigenvalue weighted by Gasteiger charge is -2.34. The zero-order valence-electron chi connectivity index (χ0n) is 17.4. The van der Waals surface area contributed by atoms with Gasteiger partial charge in [-0.2, -0.15) is 0 Å². The van der Waals surface area contributed by atoms with Gasteiger partial charge < -0.3 is 19.3 Å². The Bertz CT molecular complexity index is 1180. The molecule has 7 nitrogen and oxygen atoms in total. The number of benzene rings is 2. The molecule has 0 radical (unpaired) electrons. The van der Waals surface area contributed by atoms with Crippen LogP contribution in [-0.4, -0.2) is 70.2 Å². The van der Waals surface area contributed by atoms with Crippen LogP contribution in [0.1, 0.15) is 27.5 Å². The van der Waals surface area contributed by atoms with Crippen LogP contribution in [-0.2, 0) is 16.6 Å². The van der Waals surface area contributed by atoms with Crippen molar-refractivity contribution in [1.29, 1.82) is 0 Å². The van der Waals surface area contributed by atoms with Gasteiger partial charge >= 0.3 is 0 Å². The van der Waals surface area contributed by atoms with Gasteiger partial charge in [-0.1, -0.05) is 36.4 Å². The highest BCUT2D eigenvalue weighted by Gasteiger charge is 2.40. The summed E-state index contributed by atoms with van der Waals surface area (Å²) in [4.78, 5) is 42.5. The molecular formula is C24H24N4O3. The van der Waals surface area contributed by atoms with Crippen molar-refractivity contribution in [1.82, 2.24) is 19.3 Å². The van der Waals surface area contributed by atoms with Gasteiger partial charge in [0.05, 0.1) is 6.04 Å². The highest BCUT2D eigenvalue weighted by atomic mass is 16.2. The summed E-state index contributed by atoms with van der Waals surface area (Å²) in [6, 6.07) is 15.4. The van der Waals surface area contributed by atoms with E-state index in [0.717, 1.165) is 28.4 Å². The lowest BCUT2D eigenvalue weighted by atomic mass is 9.97. The Labute approximate surface area is 180 Å². The van der Waals surface area contributed by atoms with E-state index < -0.39 is 0 Å². The number of aromatic nitrogens is 1.